The Bertz CT molecular complexity index is 444. The maximum absolute atomic E-state index is 12.7. The number of ether oxygens (including phenoxy) is 1. The Morgan fingerprint density at radius 3 is 2.41 bits per heavy atom. The minimum Gasteiger partial charge on any atom is -0.495 e. The maximum Gasteiger partial charge on any atom is 0.417 e. The highest BCUT2D eigenvalue weighted by Crippen LogP contribution is 2.39. The summed E-state index contributed by atoms with van der Waals surface area (Å²) < 4.78 is 42.8. The first kappa shape index (κ1) is 14.1. The summed E-state index contributed by atoms with van der Waals surface area (Å²) in [6, 6.07) is 1.79. The summed E-state index contributed by atoms with van der Waals surface area (Å²) in [5.74, 6) is -1.49. The molecule has 2 nitrogen and oxygen atoms in total. The van der Waals surface area contributed by atoms with E-state index in [1.165, 1.54) is 7.11 Å². The average Bonchev–Trinajstić information content (AvgIpc) is 2.26. The number of Topliss-reactive ketones (excluding diaryl/α,β-unsaturated/α-hetero) is 1. The van der Waals surface area contributed by atoms with Gasteiger partial charge in [0.2, 0.25) is 0 Å². The number of rotatable bonds is 3. The molecule has 0 saturated heterocycles. The van der Waals surface area contributed by atoms with Crippen LogP contribution in [-0.2, 0) is 6.18 Å². The van der Waals surface area contributed by atoms with Gasteiger partial charge in [-0.1, -0.05) is 11.6 Å². The molecule has 0 heterocycles. The topological polar surface area (TPSA) is 26.3 Å². The number of carbonyl (C=O) groups is 1. The van der Waals surface area contributed by atoms with Gasteiger partial charge in [-0.3, -0.25) is 4.79 Å². The zero-order valence-corrected chi connectivity index (χ0v) is 10.1. The Hall–Kier alpha value is -0.940. The average molecular weight is 287 g/mol. The van der Waals surface area contributed by atoms with Gasteiger partial charge in [-0.15, -0.1) is 11.6 Å². The van der Waals surface area contributed by atoms with Crippen molar-refractivity contribution in [1.29, 1.82) is 0 Å². The van der Waals surface area contributed by atoms with Gasteiger partial charge in [0.25, 0.3) is 0 Å². The third-order valence-corrected chi connectivity index (χ3v) is 2.65. The highest BCUT2D eigenvalue weighted by atomic mass is 35.5. The van der Waals surface area contributed by atoms with E-state index in [9.17, 15) is 18.0 Å². The normalized spacial score (nSPS) is 11.4. The van der Waals surface area contributed by atoms with E-state index in [0.717, 1.165) is 12.1 Å². The molecule has 0 aromatic heterocycles. The number of halogens is 5. The Morgan fingerprint density at radius 2 is 2.00 bits per heavy atom. The van der Waals surface area contributed by atoms with Crippen LogP contribution in [0, 0.1) is 0 Å². The molecule has 1 aromatic carbocycles. The van der Waals surface area contributed by atoms with Crippen LogP contribution in [0.4, 0.5) is 13.2 Å². The Labute approximate surface area is 105 Å². The number of ketones is 1. The summed E-state index contributed by atoms with van der Waals surface area (Å²) in [5.41, 5.74) is -1.78. The van der Waals surface area contributed by atoms with Gasteiger partial charge in [0.1, 0.15) is 5.75 Å². The van der Waals surface area contributed by atoms with Crippen LogP contribution in [0.15, 0.2) is 12.1 Å². The summed E-state index contributed by atoms with van der Waals surface area (Å²) >= 11 is 10.9. The van der Waals surface area contributed by atoms with Crippen molar-refractivity contribution >= 4 is 29.0 Å². The van der Waals surface area contributed by atoms with Crippen molar-refractivity contribution in [1.82, 2.24) is 0 Å². The van der Waals surface area contributed by atoms with E-state index in [4.69, 9.17) is 27.9 Å². The van der Waals surface area contributed by atoms with E-state index in [0.29, 0.717) is 0 Å². The summed E-state index contributed by atoms with van der Waals surface area (Å²) in [6.45, 7) is 0. The fourth-order valence-corrected chi connectivity index (χ4v) is 1.77. The molecular formula is C10H7Cl2F3O2. The highest BCUT2D eigenvalue weighted by Gasteiger charge is 2.37. The summed E-state index contributed by atoms with van der Waals surface area (Å²) in [7, 11) is 1.24. The van der Waals surface area contributed by atoms with Crippen molar-refractivity contribution in [3.05, 3.63) is 28.3 Å². The molecule has 0 aliphatic rings. The molecule has 0 unspecified atom stereocenters. The second-order valence-electron chi connectivity index (χ2n) is 3.06. The van der Waals surface area contributed by atoms with Gasteiger partial charge in [0.05, 0.1) is 29.1 Å². The number of alkyl halides is 4. The van der Waals surface area contributed by atoms with Crippen LogP contribution in [0.25, 0.3) is 0 Å². The van der Waals surface area contributed by atoms with Crippen LogP contribution in [0.2, 0.25) is 5.02 Å². The summed E-state index contributed by atoms with van der Waals surface area (Å²) in [5, 5.41) is -0.382. The molecule has 0 aliphatic heterocycles. The van der Waals surface area contributed by atoms with E-state index in [-0.39, 0.29) is 10.8 Å². The van der Waals surface area contributed by atoms with Crippen molar-refractivity contribution in [3.63, 3.8) is 0 Å². The third-order valence-electron chi connectivity index (χ3n) is 2.03. The van der Waals surface area contributed by atoms with Gasteiger partial charge in [0.15, 0.2) is 5.78 Å². The molecule has 0 saturated carbocycles. The summed E-state index contributed by atoms with van der Waals surface area (Å²) in [6.07, 6.45) is -4.67. The van der Waals surface area contributed by atoms with Crippen molar-refractivity contribution < 1.29 is 22.7 Å². The maximum atomic E-state index is 12.7. The number of carbonyl (C=O) groups excluding carboxylic acids is 1. The molecule has 0 fully saturated rings. The molecular weight excluding hydrogens is 280 g/mol. The number of benzene rings is 1. The first-order chi connectivity index (χ1) is 7.82. The Morgan fingerprint density at radius 1 is 1.41 bits per heavy atom. The molecule has 0 amide bonds. The first-order valence-electron chi connectivity index (χ1n) is 4.35. The van der Waals surface area contributed by atoms with E-state index < -0.39 is 29.0 Å². The highest BCUT2D eigenvalue weighted by molar-refractivity contribution is 6.38. The molecule has 0 radical (unpaired) electrons. The number of methoxy groups -OCH3 is 1. The number of hydrogen-bond donors (Lipinski definition) is 0. The molecule has 0 N–H and O–H groups in total. The second-order valence-corrected chi connectivity index (χ2v) is 3.70. The molecule has 0 atom stereocenters. The zero-order chi connectivity index (χ0) is 13.2. The third kappa shape index (κ3) is 2.84. The minimum atomic E-state index is -4.67. The fraction of sp³-hybridized carbons (Fsp3) is 0.300. The second kappa shape index (κ2) is 5.14. The lowest BCUT2D eigenvalue weighted by Crippen LogP contribution is -2.15. The molecule has 17 heavy (non-hydrogen) atoms. The van der Waals surface area contributed by atoms with E-state index >= 15 is 0 Å². The quantitative estimate of drug-likeness (QED) is 0.624. The van der Waals surface area contributed by atoms with Crippen LogP contribution >= 0.6 is 23.2 Å². The fourth-order valence-electron chi connectivity index (χ4n) is 1.29. The van der Waals surface area contributed by atoms with Gasteiger partial charge in [-0.05, 0) is 12.1 Å². The monoisotopic (exact) mass is 286 g/mol. The zero-order valence-electron chi connectivity index (χ0n) is 8.57. The van der Waals surface area contributed by atoms with Gasteiger partial charge in [-0.2, -0.15) is 13.2 Å². The van der Waals surface area contributed by atoms with E-state index in [2.05, 4.69) is 0 Å². The lowest BCUT2D eigenvalue weighted by molar-refractivity contribution is -0.137. The molecule has 7 heteroatoms. The van der Waals surface area contributed by atoms with E-state index in [1.807, 2.05) is 0 Å². The van der Waals surface area contributed by atoms with Gasteiger partial charge >= 0.3 is 6.18 Å². The SMILES string of the molecule is COc1ccc(C(F)(F)F)c(C(=O)CCl)c1Cl. The van der Waals surface area contributed by atoms with E-state index in [1.54, 1.807) is 0 Å². The van der Waals surface area contributed by atoms with Gasteiger partial charge in [-0.25, -0.2) is 0 Å². The van der Waals surface area contributed by atoms with Crippen molar-refractivity contribution in [2.75, 3.05) is 13.0 Å². The smallest absolute Gasteiger partial charge is 0.417 e. The molecule has 1 aromatic rings. The molecule has 0 aliphatic carbocycles. The minimum absolute atomic E-state index is 0.00636. The van der Waals surface area contributed by atoms with Crippen molar-refractivity contribution in [3.8, 4) is 5.75 Å². The Kier molecular flexibility index (Phi) is 4.27. The predicted molar refractivity (Wildman–Crippen MR) is 58.1 cm³/mol. The Balaban J connectivity index is 3.52. The molecule has 94 valence electrons. The largest absolute Gasteiger partial charge is 0.495 e. The lowest BCUT2D eigenvalue weighted by Gasteiger charge is -2.14. The lowest BCUT2D eigenvalue weighted by atomic mass is 10.0. The number of hydrogen-bond acceptors (Lipinski definition) is 2. The molecule has 1 rings (SSSR count). The predicted octanol–water partition coefficient (Wildman–Crippen LogP) is 3.79. The van der Waals surface area contributed by atoms with Crippen LogP contribution in [0.3, 0.4) is 0 Å². The standard InChI is InChI=1S/C10H7Cl2F3O2/c1-17-7-3-2-5(10(13,14)15)8(9(7)12)6(16)4-11/h2-3H,4H2,1H3. The van der Waals surface area contributed by atoms with Crippen molar-refractivity contribution in [2.45, 2.75) is 6.18 Å². The van der Waals surface area contributed by atoms with Gasteiger partial charge < -0.3 is 4.74 Å². The van der Waals surface area contributed by atoms with Crippen LogP contribution in [0.5, 0.6) is 5.75 Å². The van der Waals surface area contributed by atoms with Crippen molar-refractivity contribution in [2.24, 2.45) is 0 Å². The van der Waals surface area contributed by atoms with Crippen LogP contribution < -0.4 is 4.74 Å². The molecule has 0 bridgehead atoms. The van der Waals surface area contributed by atoms with Crippen LogP contribution in [-0.4, -0.2) is 18.8 Å². The van der Waals surface area contributed by atoms with Crippen LogP contribution in [0.1, 0.15) is 15.9 Å². The first-order valence-corrected chi connectivity index (χ1v) is 5.27. The molecule has 0 spiro atoms. The van der Waals surface area contributed by atoms with Gasteiger partial charge in [0, 0.05) is 0 Å². The summed E-state index contributed by atoms with van der Waals surface area (Å²) in [4.78, 5) is 11.4.